The zero-order valence-electron chi connectivity index (χ0n) is 10.1. The van der Waals surface area contributed by atoms with Crippen molar-refractivity contribution in [3.8, 4) is 0 Å². The molecule has 1 saturated heterocycles. The van der Waals surface area contributed by atoms with Gasteiger partial charge in [-0.3, -0.25) is 4.79 Å². The number of urea groups is 1. The second kappa shape index (κ2) is 6.12. The first-order chi connectivity index (χ1) is 9.06. The second-order valence-electron chi connectivity index (χ2n) is 4.18. The molecule has 0 radical (unpaired) electrons. The lowest BCUT2D eigenvalue weighted by molar-refractivity contribution is -0.120. The number of benzene rings is 1. The summed E-state index contributed by atoms with van der Waals surface area (Å²) >= 11 is 11.7. The highest BCUT2D eigenvalue weighted by atomic mass is 35.5. The van der Waals surface area contributed by atoms with Crippen LogP contribution in [0.15, 0.2) is 18.2 Å². The van der Waals surface area contributed by atoms with Crippen LogP contribution in [-0.4, -0.2) is 36.5 Å². The Bertz CT molecular complexity index is 508. The molecule has 0 unspecified atom stereocenters. The van der Waals surface area contributed by atoms with E-state index in [0.717, 1.165) is 6.42 Å². The first kappa shape index (κ1) is 14.0. The van der Waals surface area contributed by atoms with E-state index in [0.29, 0.717) is 28.8 Å². The van der Waals surface area contributed by atoms with E-state index in [4.69, 9.17) is 23.2 Å². The molecule has 0 atom stereocenters. The summed E-state index contributed by atoms with van der Waals surface area (Å²) in [5, 5.41) is 6.20. The van der Waals surface area contributed by atoms with Gasteiger partial charge >= 0.3 is 6.03 Å². The van der Waals surface area contributed by atoms with Crippen molar-refractivity contribution in [1.29, 1.82) is 0 Å². The summed E-state index contributed by atoms with van der Waals surface area (Å²) in [5.41, 5.74) is 0.545. The Morgan fingerprint density at radius 2 is 2.11 bits per heavy atom. The van der Waals surface area contributed by atoms with Crippen molar-refractivity contribution < 1.29 is 9.59 Å². The zero-order chi connectivity index (χ0) is 13.8. The Kier molecular flexibility index (Phi) is 4.50. The van der Waals surface area contributed by atoms with Gasteiger partial charge in [-0.25, -0.2) is 4.79 Å². The molecule has 0 aliphatic carbocycles. The van der Waals surface area contributed by atoms with Crippen LogP contribution in [0, 0.1) is 0 Å². The normalized spacial score (nSPS) is 15.7. The maximum Gasteiger partial charge on any atom is 0.322 e. The minimum absolute atomic E-state index is 0.0627. The summed E-state index contributed by atoms with van der Waals surface area (Å²) in [5.74, 6) is -0.151. The summed E-state index contributed by atoms with van der Waals surface area (Å²) in [6.07, 6.45) is 0.737. The Hall–Kier alpha value is -1.46. The van der Waals surface area contributed by atoms with Crippen molar-refractivity contribution in [3.05, 3.63) is 28.2 Å². The van der Waals surface area contributed by atoms with Crippen molar-refractivity contribution in [2.24, 2.45) is 0 Å². The number of rotatable bonds is 1. The highest BCUT2D eigenvalue weighted by Crippen LogP contribution is 2.25. The molecule has 1 aromatic carbocycles. The molecule has 102 valence electrons. The summed E-state index contributed by atoms with van der Waals surface area (Å²) in [6, 6.07) is 4.51. The van der Waals surface area contributed by atoms with Crippen LogP contribution < -0.4 is 10.6 Å². The number of nitrogens with zero attached hydrogens (tertiary/aromatic N) is 1. The van der Waals surface area contributed by atoms with Gasteiger partial charge in [0.2, 0.25) is 5.91 Å². The summed E-state index contributed by atoms with van der Waals surface area (Å²) in [6.45, 7) is 1.19. The van der Waals surface area contributed by atoms with Crippen LogP contribution in [-0.2, 0) is 4.79 Å². The van der Waals surface area contributed by atoms with E-state index in [2.05, 4.69) is 10.6 Å². The Labute approximate surface area is 120 Å². The fraction of sp³-hybridized carbons (Fsp3) is 0.333. The fourth-order valence-corrected chi connectivity index (χ4v) is 2.05. The highest BCUT2D eigenvalue weighted by Gasteiger charge is 2.19. The van der Waals surface area contributed by atoms with Gasteiger partial charge in [0.1, 0.15) is 6.54 Å². The van der Waals surface area contributed by atoms with Crippen LogP contribution in [0.1, 0.15) is 6.42 Å². The molecule has 3 amide bonds. The van der Waals surface area contributed by atoms with Gasteiger partial charge in [0.25, 0.3) is 0 Å². The molecule has 5 nitrogen and oxygen atoms in total. The maximum atomic E-state index is 12.0. The molecule has 0 aromatic heterocycles. The van der Waals surface area contributed by atoms with Crippen LogP contribution in [0.25, 0.3) is 0 Å². The summed E-state index contributed by atoms with van der Waals surface area (Å²) in [4.78, 5) is 24.9. The molecule has 1 fully saturated rings. The molecule has 1 aromatic rings. The van der Waals surface area contributed by atoms with Crippen LogP contribution in [0.3, 0.4) is 0 Å². The number of carbonyl (C=O) groups excluding carboxylic acids is 2. The predicted molar refractivity (Wildman–Crippen MR) is 74.7 cm³/mol. The second-order valence-corrected chi connectivity index (χ2v) is 5.00. The third-order valence-corrected chi connectivity index (χ3v) is 3.46. The van der Waals surface area contributed by atoms with E-state index >= 15 is 0 Å². The van der Waals surface area contributed by atoms with Gasteiger partial charge in [-0.2, -0.15) is 0 Å². The van der Waals surface area contributed by atoms with E-state index in [9.17, 15) is 9.59 Å². The van der Waals surface area contributed by atoms with Gasteiger partial charge in [0.15, 0.2) is 0 Å². The first-order valence-electron chi connectivity index (χ1n) is 5.84. The van der Waals surface area contributed by atoms with Crippen molar-refractivity contribution >= 4 is 40.8 Å². The highest BCUT2D eigenvalue weighted by molar-refractivity contribution is 6.42. The molecule has 19 heavy (non-hydrogen) atoms. The number of hydrogen-bond donors (Lipinski definition) is 2. The third-order valence-electron chi connectivity index (χ3n) is 2.72. The lowest BCUT2D eigenvalue weighted by Crippen LogP contribution is -2.39. The van der Waals surface area contributed by atoms with Gasteiger partial charge in [0, 0.05) is 18.8 Å². The summed E-state index contributed by atoms with van der Waals surface area (Å²) in [7, 11) is 0. The Morgan fingerprint density at radius 1 is 1.32 bits per heavy atom. The van der Waals surface area contributed by atoms with Gasteiger partial charge in [0.05, 0.1) is 10.0 Å². The maximum absolute atomic E-state index is 12.0. The predicted octanol–water partition coefficient (Wildman–Crippen LogP) is 2.35. The van der Waals surface area contributed by atoms with Gasteiger partial charge < -0.3 is 15.5 Å². The molecule has 2 rings (SSSR count). The first-order valence-corrected chi connectivity index (χ1v) is 6.59. The molecule has 0 bridgehead atoms. The molecule has 2 N–H and O–H groups in total. The molecule has 7 heteroatoms. The van der Waals surface area contributed by atoms with Crippen molar-refractivity contribution in [2.45, 2.75) is 6.42 Å². The van der Waals surface area contributed by atoms with E-state index in [1.807, 2.05) is 0 Å². The molecule has 0 saturated carbocycles. The quantitative estimate of drug-likeness (QED) is 0.836. The van der Waals surface area contributed by atoms with Crippen molar-refractivity contribution in [3.63, 3.8) is 0 Å². The summed E-state index contributed by atoms with van der Waals surface area (Å²) < 4.78 is 0. The van der Waals surface area contributed by atoms with Crippen LogP contribution in [0.5, 0.6) is 0 Å². The average molecular weight is 302 g/mol. The van der Waals surface area contributed by atoms with E-state index in [1.165, 1.54) is 4.90 Å². The number of halogens is 2. The largest absolute Gasteiger partial charge is 0.354 e. The zero-order valence-corrected chi connectivity index (χ0v) is 11.6. The fourth-order valence-electron chi connectivity index (χ4n) is 1.76. The average Bonchev–Trinajstić information content (AvgIpc) is 2.58. The van der Waals surface area contributed by atoms with E-state index in [1.54, 1.807) is 18.2 Å². The van der Waals surface area contributed by atoms with Gasteiger partial charge in [-0.1, -0.05) is 23.2 Å². The lowest BCUT2D eigenvalue weighted by atomic mass is 10.3. The number of amides is 3. The SMILES string of the molecule is O=C1CN(C(=O)Nc2ccc(Cl)c(Cl)c2)CCCN1. The molecule has 1 heterocycles. The third kappa shape index (κ3) is 3.75. The lowest BCUT2D eigenvalue weighted by Gasteiger charge is -2.19. The van der Waals surface area contributed by atoms with Gasteiger partial charge in [-0.15, -0.1) is 0 Å². The van der Waals surface area contributed by atoms with E-state index in [-0.39, 0.29) is 18.5 Å². The smallest absolute Gasteiger partial charge is 0.322 e. The standard InChI is InChI=1S/C12H13Cl2N3O2/c13-9-3-2-8(6-10(9)14)16-12(19)17-5-1-4-15-11(18)7-17/h2-3,6H,1,4-5,7H2,(H,15,18)(H,16,19). The topological polar surface area (TPSA) is 61.4 Å². The minimum atomic E-state index is -0.324. The molecular weight excluding hydrogens is 289 g/mol. The Morgan fingerprint density at radius 3 is 2.84 bits per heavy atom. The van der Waals surface area contributed by atoms with Crippen LogP contribution in [0.2, 0.25) is 10.0 Å². The number of anilines is 1. The van der Waals surface area contributed by atoms with E-state index < -0.39 is 0 Å². The van der Waals surface area contributed by atoms with Gasteiger partial charge in [-0.05, 0) is 24.6 Å². The Balaban J connectivity index is 2.03. The minimum Gasteiger partial charge on any atom is -0.354 e. The number of hydrogen-bond acceptors (Lipinski definition) is 2. The molecule has 1 aliphatic rings. The van der Waals surface area contributed by atoms with Crippen LogP contribution >= 0.6 is 23.2 Å². The molecular formula is C12H13Cl2N3O2. The van der Waals surface area contributed by atoms with Crippen LogP contribution in [0.4, 0.5) is 10.5 Å². The van der Waals surface area contributed by atoms with Crippen molar-refractivity contribution in [1.82, 2.24) is 10.2 Å². The van der Waals surface area contributed by atoms with Crippen molar-refractivity contribution in [2.75, 3.05) is 25.0 Å². The number of carbonyl (C=O) groups is 2. The monoisotopic (exact) mass is 301 g/mol. The number of nitrogens with one attached hydrogen (secondary N) is 2. The molecule has 0 spiro atoms. The molecule has 1 aliphatic heterocycles.